The number of aliphatic hydroxyl groups excluding tert-OH is 2. The average molecular weight is 1190 g/mol. The Kier molecular flexibility index (Phi) is 73.3. The first-order chi connectivity index (χ1) is 41.5. The number of nitrogens with one attached hydrogen (secondary N) is 1. The van der Waals surface area contributed by atoms with Crippen molar-refractivity contribution in [2.24, 2.45) is 0 Å². The number of aliphatic hydroxyl groups is 2. The van der Waals surface area contributed by atoms with Crippen LogP contribution < -0.4 is 5.32 Å². The molecule has 0 aliphatic carbocycles. The molecule has 0 heterocycles. The molecule has 0 bridgehead atoms. The van der Waals surface area contributed by atoms with Gasteiger partial charge in [-0.15, -0.1) is 0 Å². The molecule has 0 rings (SSSR count). The monoisotopic (exact) mass is 1190 g/mol. The molecule has 2 atom stereocenters. The van der Waals surface area contributed by atoms with Gasteiger partial charge in [0, 0.05) is 12.8 Å². The fourth-order valence-corrected chi connectivity index (χ4v) is 12.9. The second kappa shape index (κ2) is 74.3. The first kappa shape index (κ1) is 82.9. The SMILES string of the molecule is CCCCCCCCCCCCCCCCCCCCCCCCCCC(O)C(CO)NC(=O)CCCCCCCCCCCCCCCCCCCCCCCCCCCCCOC(=O)CCCCCCCCCCCCCCCCCC. The van der Waals surface area contributed by atoms with Crippen LogP contribution in [-0.2, 0) is 14.3 Å². The summed E-state index contributed by atoms with van der Waals surface area (Å²) in [5, 5.41) is 23.5. The summed E-state index contributed by atoms with van der Waals surface area (Å²) in [6.07, 6.45) is 91.9. The molecule has 502 valence electrons. The highest BCUT2D eigenvalue weighted by Crippen LogP contribution is 2.21. The second-order valence-corrected chi connectivity index (χ2v) is 27.4. The topological polar surface area (TPSA) is 95.9 Å². The van der Waals surface area contributed by atoms with E-state index in [0.29, 0.717) is 25.9 Å². The summed E-state index contributed by atoms with van der Waals surface area (Å²) in [5.41, 5.74) is 0. The van der Waals surface area contributed by atoms with Crippen molar-refractivity contribution >= 4 is 11.9 Å². The normalized spacial score (nSPS) is 12.4. The minimum Gasteiger partial charge on any atom is -0.466 e. The maximum Gasteiger partial charge on any atom is 0.305 e. The van der Waals surface area contributed by atoms with Crippen molar-refractivity contribution in [1.82, 2.24) is 5.32 Å². The summed E-state index contributed by atoms with van der Waals surface area (Å²) in [6.45, 7) is 5.02. The lowest BCUT2D eigenvalue weighted by Crippen LogP contribution is -2.45. The van der Waals surface area contributed by atoms with Crippen molar-refractivity contribution in [3.05, 3.63) is 0 Å². The molecule has 3 N–H and O–H groups in total. The maximum absolute atomic E-state index is 12.6. The largest absolute Gasteiger partial charge is 0.466 e. The maximum atomic E-state index is 12.6. The van der Waals surface area contributed by atoms with Crippen LogP contribution in [0.2, 0.25) is 0 Å². The average Bonchev–Trinajstić information content (AvgIpc) is 3.51. The lowest BCUT2D eigenvalue weighted by molar-refractivity contribution is -0.143. The molecule has 0 saturated heterocycles. The van der Waals surface area contributed by atoms with Crippen LogP contribution in [0.15, 0.2) is 0 Å². The van der Waals surface area contributed by atoms with E-state index in [9.17, 15) is 19.8 Å². The van der Waals surface area contributed by atoms with E-state index in [1.165, 1.54) is 392 Å². The van der Waals surface area contributed by atoms with Gasteiger partial charge in [-0.2, -0.15) is 0 Å². The van der Waals surface area contributed by atoms with Crippen LogP contribution in [-0.4, -0.2) is 47.4 Å². The van der Waals surface area contributed by atoms with E-state index in [-0.39, 0.29) is 18.5 Å². The molecule has 0 aliphatic rings. The Balaban J connectivity index is 3.33. The number of rotatable bonds is 75. The molecule has 0 saturated carbocycles. The van der Waals surface area contributed by atoms with Gasteiger partial charge in [0.05, 0.1) is 25.4 Å². The number of unbranched alkanes of at least 4 members (excludes halogenated alkanes) is 64. The molecule has 0 aromatic rings. The van der Waals surface area contributed by atoms with E-state index in [4.69, 9.17) is 4.74 Å². The Morgan fingerprint density at radius 3 is 0.726 bits per heavy atom. The highest BCUT2D eigenvalue weighted by Gasteiger charge is 2.20. The number of hydrogen-bond acceptors (Lipinski definition) is 5. The molecule has 2 unspecified atom stereocenters. The number of amides is 1. The molecule has 0 aromatic heterocycles. The Hall–Kier alpha value is -1.14. The van der Waals surface area contributed by atoms with Gasteiger partial charge in [0.2, 0.25) is 5.91 Å². The summed E-state index contributed by atoms with van der Waals surface area (Å²) in [5.74, 6) is -0.00238. The molecule has 0 aromatic carbocycles. The van der Waals surface area contributed by atoms with Gasteiger partial charge in [-0.1, -0.05) is 425 Å². The second-order valence-electron chi connectivity index (χ2n) is 27.4. The van der Waals surface area contributed by atoms with E-state index >= 15 is 0 Å². The minimum atomic E-state index is -0.663. The van der Waals surface area contributed by atoms with Crippen molar-refractivity contribution in [2.45, 2.75) is 475 Å². The summed E-state index contributed by atoms with van der Waals surface area (Å²) < 4.78 is 5.51. The fourth-order valence-electron chi connectivity index (χ4n) is 12.9. The number of carbonyl (C=O) groups excluding carboxylic acids is 2. The zero-order valence-corrected chi connectivity index (χ0v) is 57.7. The summed E-state index contributed by atoms with van der Waals surface area (Å²) >= 11 is 0. The van der Waals surface area contributed by atoms with Crippen LogP contribution in [0.3, 0.4) is 0 Å². The van der Waals surface area contributed by atoms with Crippen molar-refractivity contribution < 1.29 is 24.5 Å². The number of carbonyl (C=O) groups is 2. The Morgan fingerprint density at radius 1 is 0.286 bits per heavy atom. The Morgan fingerprint density at radius 2 is 0.488 bits per heavy atom. The predicted octanol–water partition coefficient (Wildman–Crippen LogP) is 25.7. The quantitative estimate of drug-likeness (QED) is 0.0417. The molecule has 84 heavy (non-hydrogen) atoms. The lowest BCUT2D eigenvalue weighted by Gasteiger charge is -2.22. The predicted molar refractivity (Wildman–Crippen MR) is 371 cm³/mol. The highest BCUT2D eigenvalue weighted by molar-refractivity contribution is 5.76. The van der Waals surface area contributed by atoms with E-state index in [1.807, 2.05) is 0 Å². The van der Waals surface area contributed by atoms with Gasteiger partial charge in [0.25, 0.3) is 0 Å². The molecule has 6 nitrogen and oxygen atoms in total. The van der Waals surface area contributed by atoms with Crippen LogP contribution in [0.4, 0.5) is 0 Å². The molecule has 6 heteroatoms. The zero-order chi connectivity index (χ0) is 60.6. The van der Waals surface area contributed by atoms with Crippen LogP contribution in [0.25, 0.3) is 0 Å². The van der Waals surface area contributed by atoms with Gasteiger partial charge in [0.15, 0.2) is 0 Å². The van der Waals surface area contributed by atoms with E-state index < -0.39 is 12.1 Å². The van der Waals surface area contributed by atoms with Gasteiger partial charge >= 0.3 is 5.97 Å². The first-order valence-electron chi connectivity index (χ1n) is 39.3. The van der Waals surface area contributed by atoms with Crippen LogP contribution in [0.1, 0.15) is 463 Å². The zero-order valence-electron chi connectivity index (χ0n) is 57.7. The molecule has 1 amide bonds. The standard InChI is InChI=1S/C78H155NO5/c1-3-5-7-9-11-13-15-17-19-21-22-23-24-30-33-36-39-42-46-50-54-58-62-66-70-76(81)75(74-80)79-77(82)71-67-63-59-55-51-47-43-40-37-34-31-28-26-25-27-29-32-35-38-41-45-49-53-57-61-65-69-73-84-78(83)72-68-64-60-56-52-48-44-20-18-16-14-12-10-8-6-4-2/h75-76,80-81H,3-74H2,1-2H3,(H,79,82). The third kappa shape index (κ3) is 70.0. The molecule has 0 fully saturated rings. The molecular formula is C78H155NO5. The van der Waals surface area contributed by atoms with Gasteiger partial charge in [-0.3, -0.25) is 9.59 Å². The summed E-state index contributed by atoms with van der Waals surface area (Å²) in [7, 11) is 0. The minimum absolute atomic E-state index is 0.0233. The Bertz CT molecular complexity index is 1230. The third-order valence-electron chi connectivity index (χ3n) is 18.9. The van der Waals surface area contributed by atoms with E-state index in [2.05, 4.69) is 19.2 Å². The molecular weight excluding hydrogens is 1030 g/mol. The number of hydrogen-bond donors (Lipinski definition) is 3. The van der Waals surface area contributed by atoms with Crippen LogP contribution in [0.5, 0.6) is 0 Å². The Labute approximate surface area is 527 Å². The van der Waals surface area contributed by atoms with Crippen molar-refractivity contribution in [3.8, 4) is 0 Å². The summed E-state index contributed by atoms with van der Waals surface area (Å²) in [6, 6.07) is -0.540. The number of esters is 1. The van der Waals surface area contributed by atoms with Crippen LogP contribution >= 0.6 is 0 Å². The van der Waals surface area contributed by atoms with Gasteiger partial charge in [0.1, 0.15) is 0 Å². The first-order valence-corrected chi connectivity index (χ1v) is 39.3. The molecule has 0 aliphatic heterocycles. The van der Waals surface area contributed by atoms with Crippen molar-refractivity contribution in [1.29, 1.82) is 0 Å². The lowest BCUT2D eigenvalue weighted by atomic mass is 10.0. The van der Waals surface area contributed by atoms with E-state index in [1.54, 1.807) is 0 Å². The van der Waals surface area contributed by atoms with Gasteiger partial charge < -0.3 is 20.3 Å². The van der Waals surface area contributed by atoms with Crippen molar-refractivity contribution in [3.63, 3.8) is 0 Å². The van der Waals surface area contributed by atoms with Crippen molar-refractivity contribution in [2.75, 3.05) is 13.2 Å². The number of ether oxygens (including phenoxy) is 1. The fraction of sp³-hybridized carbons (Fsp3) is 0.974. The third-order valence-corrected chi connectivity index (χ3v) is 18.9. The highest BCUT2D eigenvalue weighted by atomic mass is 16.5. The molecule has 0 spiro atoms. The van der Waals surface area contributed by atoms with Crippen LogP contribution in [0, 0.1) is 0 Å². The van der Waals surface area contributed by atoms with Gasteiger partial charge in [-0.25, -0.2) is 0 Å². The molecule has 0 radical (unpaired) electrons. The summed E-state index contributed by atoms with van der Waals surface area (Å²) in [4.78, 5) is 24.7. The van der Waals surface area contributed by atoms with E-state index in [0.717, 1.165) is 38.5 Å². The smallest absolute Gasteiger partial charge is 0.305 e. The van der Waals surface area contributed by atoms with Gasteiger partial charge in [-0.05, 0) is 25.7 Å².